The summed E-state index contributed by atoms with van der Waals surface area (Å²) in [5.41, 5.74) is 2.35. The van der Waals surface area contributed by atoms with Gasteiger partial charge < -0.3 is 10.0 Å². The quantitative estimate of drug-likeness (QED) is 0.816. The van der Waals surface area contributed by atoms with E-state index in [9.17, 15) is 5.11 Å². The van der Waals surface area contributed by atoms with Crippen LogP contribution in [0.25, 0.3) is 0 Å². The number of hydrogen-bond acceptors (Lipinski definition) is 2. The van der Waals surface area contributed by atoms with Gasteiger partial charge in [-0.15, -0.1) is 0 Å². The van der Waals surface area contributed by atoms with Crippen molar-refractivity contribution in [2.24, 2.45) is 0 Å². The lowest BCUT2D eigenvalue weighted by Crippen LogP contribution is -2.22. The highest BCUT2D eigenvalue weighted by Crippen LogP contribution is 2.22. The van der Waals surface area contributed by atoms with Gasteiger partial charge in [0.2, 0.25) is 0 Å². The van der Waals surface area contributed by atoms with Gasteiger partial charge in [-0.1, -0.05) is 38.1 Å². The van der Waals surface area contributed by atoms with Gasteiger partial charge in [0.25, 0.3) is 0 Å². The van der Waals surface area contributed by atoms with Gasteiger partial charge in [0.05, 0.1) is 6.61 Å². The van der Waals surface area contributed by atoms with Crippen molar-refractivity contribution in [2.75, 3.05) is 20.7 Å². The molecule has 0 bridgehead atoms. The van der Waals surface area contributed by atoms with E-state index in [-0.39, 0.29) is 12.0 Å². The molecule has 15 heavy (non-hydrogen) atoms. The molecule has 0 amide bonds. The van der Waals surface area contributed by atoms with Gasteiger partial charge in [0.15, 0.2) is 0 Å². The highest BCUT2D eigenvalue weighted by molar-refractivity contribution is 5.28. The highest BCUT2D eigenvalue weighted by atomic mass is 16.3. The molecule has 2 nitrogen and oxygen atoms in total. The van der Waals surface area contributed by atoms with E-state index in [1.807, 2.05) is 13.8 Å². The number of benzene rings is 1. The van der Waals surface area contributed by atoms with E-state index in [1.54, 1.807) is 0 Å². The van der Waals surface area contributed by atoms with Crippen LogP contribution < -0.4 is 0 Å². The molecule has 0 saturated carbocycles. The molecule has 0 saturated heterocycles. The van der Waals surface area contributed by atoms with Crippen LogP contribution in [-0.2, 0) is 12.0 Å². The molecular formula is C13H21NO. The first-order chi connectivity index (χ1) is 6.95. The molecule has 1 rings (SSSR count). The number of hydrogen-bond donors (Lipinski definition) is 1. The fraction of sp³-hybridized carbons (Fsp3) is 0.538. The van der Waals surface area contributed by atoms with Crippen molar-refractivity contribution >= 4 is 0 Å². The predicted molar refractivity (Wildman–Crippen MR) is 63.9 cm³/mol. The van der Waals surface area contributed by atoms with E-state index in [2.05, 4.69) is 43.3 Å². The van der Waals surface area contributed by atoms with Crippen LogP contribution in [0.3, 0.4) is 0 Å². The van der Waals surface area contributed by atoms with Crippen LogP contribution in [0.15, 0.2) is 24.3 Å². The van der Waals surface area contributed by atoms with Crippen molar-refractivity contribution < 1.29 is 5.11 Å². The standard InChI is InChI=1S/C13H21NO/c1-13(2,10-15)12-7-5-11(6-8-12)9-14(3)4/h5-8,15H,9-10H2,1-4H3. The molecule has 0 aliphatic heterocycles. The second-order valence-electron chi connectivity index (χ2n) is 4.98. The Balaban J connectivity index is 2.81. The third-order valence-corrected chi connectivity index (χ3v) is 2.63. The third kappa shape index (κ3) is 3.33. The summed E-state index contributed by atoms with van der Waals surface area (Å²) in [6, 6.07) is 8.48. The maximum Gasteiger partial charge on any atom is 0.0522 e. The Morgan fingerprint density at radius 2 is 1.67 bits per heavy atom. The Morgan fingerprint density at radius 1 is 1.13 bits per heavy atom. The number of aliphatic hydroxyl groups is 1. The summed E-state index contributed by atoms with van der Waals surface area (Å²) in [7, 11) is 4.12. The number of nitrogens with zero attached hydrogens (tertiary/aromatic N) is 1. The van der Waals surface area contributed by atoms with Crippen molar-refractivity contribution in [1.29, 1.82) is 0 Å². The van der Waals surface area contributed by atoms with Gasteiger partial charge in [-0.3, -0.25) is 0 Å². The van der Waals surface area contributed by atoms with Crippen molar-refractivity contribution in [3.63, 3.8) is 0 Å². The van der Waals surface area contributed by atoms with E-state index < -0.39 is 0 Å². The molecule has 0 aromatic heterocycles. The summed E-state index contributed by atoms with van der Waals surface area (Å²) >= 11 is 0. The molecule has 1 aromatic carbocycles. The Hall–Kier alpha value is -0.860. The Bertz CT molecular complexity index is 301. The largest absolute Gasteiger partial charge is 0.395 e. The van der Waals surface area contributed by atoms with E-state index in [4.69, 9.17) is 0 Å². The second kappa shape index (κ2) is 4.77. The topological polar surface area (TPSA) is 23.5 Å². The van der Waals surface area contributed by atoms with Crippen molar-refractivity contribution in [3.05, 3.63) is 35.4 Å². The van der Waals surface area contributed by atoms with Crippen LogP contribution in [0.5, 0.6) is 0 Å². The molecule has 0 spiro atoms. The van der Waals surface area contributed by atoms with Gasteiger partial charge in [0.1, 0.15) is 0 Å². The van der Waals surface area contributed by atoms with E-state index in [0.717, 1.165) is 6.54 Å². The summed E-state index contributed by atoms with van der Waals surface area (Å²) in [5.74, 6) is 0. The van der Waals surface area contributed by atoms with Crippen LogP contribution in [-0.4, -0.2) is 30.7 Å². The first kappa shape index (κ1) is 12.2. The molecule has 0 radical (unpaired) electrons. The first-order valence-corrected chi connectivity index (χ1v) is 5.31. The Morgan fingerprint density at radius 3 is 2.07 bits per heavy atom. The molecule has 0 atom stereocenters. The zero-order valence-electron chi connectivity index (χ0n) is 10.1. The summed E-state index contributed by atoms with van der Waals surface area (Å²) in [4.78, 5) is 2.15. The Kier molecular flexibility index (Phi) is 3.89. The molecule has 1 N–H and O–H groups in total. The average molecular weight is 207 g/mol. The molecular weight excluding hydrogens is 186 g/mol. The van der Waals surface area contributed by atoms with Crippen LogP contribution in [0.4, 0.5) is 0 Å². The van der Waals surface area contributed by atoms with Crippen molar-refractivity contribution in [2.45, 2.75) is 25.8 Å². The molecule has 2 heteroatoms. The minimum atomic E-state index is -0.142. The monoisotopic (exact) mass is 207 g/mol. The van der Waals surface area contributed by atoms with Gasteiger partial charge >= 0.3 is 0 Å². The molecule has 0 heterocycles. The average Bonchev–Trinajstić information content (AvgIpc) is 2.18. The molecule has 0 fully saturated rings. The normalized spacial score (nSPS) is 12.1. The lowest BCUT2D eigenvalue weighted by molar-refractivity contribution is 0.218. The van der Waals surface area contributed by atoms with Gasteiger partial charge in [0, 0.05) is 12.0 Å². The van der Waals surface area contributed by atoms with Gasteiger partial charge in [-0.25, -0.2) is 0 Å². The summed E-state index contributed by atoms with van der Waals surface area (Å²) in [6.07, 6.45) is 0. The zero-order chi connectivity index (χ0) is 11.5. The molecule has 1 aromatic rings. The minimum Gasteiger partial charge on any atom is -0.395 e. The first-order valence-electron chi connectivity index (χ1n) is 5.31. The smallest absolute Gasteiger partial charge is 0.0522 e. The van der Waals surface area contributed by atoms with Gasteiger partial charge in [-0.2, -0.15) is 0 Å². The summed E-state index contributed by atoms with van der Waals surface area (Å²) in [5, 5.41) is 9.25. The van der Waals surface area contributed by atoms with Crippen LogP contribution in [0, 0.1) is 0 Å². The van der Waals surface area contributed by atoms with Crippen LogP contribution in [0.2, 0.25) is 0 Å². The minimum absolute atomic E-state index is 0.142. The predicted octanol–water partition coefficient (Wildman–Crippen LogP) is 2.02. The zero-order valence-corrected chi connectivity index (χ0v) is 10.1. The van der Waals surface area contributed by atoms with Crippen molar-refractivity contribution in [1.82, 2.24) is 4.90 Å². The fourth-order valence-electron chi connectivity index (χ4n) is 1.52. The molecule has 84 valence electrons. The van der Waals surface area contributed by atoms with Gasteiger partial charge in [-0.05, 0) is 25.2 Å². The lowest BCUT2D eigenvalue weighted by atomic mass is 9.85. The second-order valence-corrected chi connectivity index (χ2v) is 4.98. The summed E-state index contributed by atoms with van der Waals surface area (Å²) in [6.45, 7) is 5.24. The maximum absolute atomic E-state index is 9.25. The molecule has 0 unspecified atom stereocenters. The molecule has 0 aliphatic rings. The number of aliphatic hydroxyl groups excluding tert-OH is 1. The van der Waals surface area contributed by atoms with E-state index in [0.29, 0.717) is 0 Å². The highest BCUT2D eigenvalue weighted by Gasteiger charge is 2.18. The van der Waals surface area contributed by atoms with Crippen LogP contribution in [0.1, 0.15) is 25.0 Å². The Labute approximate surface area is 92.5 Å². The number of rotatable bonds is 4. The summed E-state index contributed by atoms with van der Waals surface area (Å²) < 4.78 is 0. The van der Waals surface area contributed by atoms with E-state index in [1.165, 1.54) is 11.1 Å². The van der Waals surface area contributed by atoms with Crippen LogP contribution >= 0.6 is 0 Å². The third-order valence-electron chi connectivity index (χ3n) is 2.63. The SMILES string of the molecule is CN(C)Cc1ccc(C(C)(C)CO)cc1. The fourth-order valence-corrected chi connectivity index (χ4v) is 1.52. The van der Waals surface area contributed by atoms with E-state index >= 15 is 0 Å². The van der Waals surface area contributed by atoms with Crippen molar-refractivity contribution in [3.8, 4) is 0 Å². The maximum atomic E-state index is 9.25. The molecule has 0 aliphatic carbocycles. The lowest BCUT2D eigenvalue weighted by Gasteiger charge is -2.22.